The molecule has 0 radical (unpaired) electrons. The van der Waals surface area contributed by atoms with Crippen LogP contribution in [0.2, 0.25) is 0 Å². The number of aryl methyl sites for hydroxylation is 2. The van der Waals surface area contributed by atoms with Gasteiger partial charge in [0.05, 0.1) is 12.2 Å². The Morgan fingerprint density at radius 2 is 2.19 bits per heavy atom. The second kappa shape index (κ2) is 7.92. The summed E-state index contributed by atoms with van der Waals surface area (Å²) in [6, 6.07) is 7.54. The highest BCUT2D eigenvalue weighted by atomic mass is 16.5. The predicted octanol–water partition coefficient (Wildman–Crippen LogP) is 1.58. The van der Waals surface area contributed by atoms with Gasteiger partial charge in [0.15, 0.2) is 0 Å². The Hall–Kier alpha value is -3.00. The molecule has 8 nitrogen and oxygen atoms in total. The number of H-pyrrole nitrogens is 1. The molecule has 0 saturated carbocycles. The van der Waals surface area contributed by atoms with Crippen LogP contribution in [-0.2, 0) is 16.0 Å². The Balaban J connectivity index is 1.72. The van der Waals surface area contributed by atoms with Gasteiger partial charge in [-0.3, -0.25) is 9.59 Å². The van der Waals surface area contributed by atoms with Crippen molar-refractivity contribution in [3.05, 3.63) is 46.1 Å². The molecule has 136 valence electrons. The van der Waals surface area contributed by atoms with E-state index in [0.717, 1.165) is 16.5 Å². The number of fused-ring (bicyclic) bond motifs is 1. The van der Waals surface area contributed by atoms with Gasteiger partial charge in [-0.25, -0.2) is 0 Å². The molecule has 0 bridgehead atoms. The van der Waals surface area contributed by atoms with Crippen molar-refractivity contribution in [2.45, 2.75) is 19.8 Å². The van der Waals surface area contributed by atoms with Crippen LogP contribution >= 0.6 is 0 Å². The molecule has 0 unspecified atom stereocenters. The molecule has 26 heavy (non-hydrogen) atoms. The summed E-state index contributed by atoms with van der Waals surface area (Å²) in [6.07, 6.45) is 0.523. The van der Waals surface area contributed by atoms with Gasteiger partial charge < -0.3 is 19.6 Å². The zero-order valence-electron chi connectivity index (χ0n) is 14.7. The number of hydrogen-bond donors (Lipinski definition) is 2. The lowest BCUT2D eigenvalue weighted by Crippen LogP contribution is -2.27. The number of carbonyl (C=O) groups excluding carboxylic acids is 1. The van der Waals surface area contributed by atoms with Crippen molar-refractivity contribution in [2.75, 3.05) is 20.3 Å². The number of nitrogens with zero attached hydrogens (tertiary/aromatic N) is 2. The third-order valence-corrected chi connectivity index (χ3v) is 3.90. The van der Waals surface area contributed by atoms with E-state index in [1.165, 1.54) is 0 Å². The fourth-order valence-corrected chi connectivity index (χ4v) is 2.55. The Morgan fingerprint density at radius 3 is 3.00 bits per heavy atom. The molecule has 8 heteroatoms. The van der Waals surface area contributed by atoms with E-state index < -0.39 is 0 Å². The summed E-state index contributed by atoms with van der Waals surface area (Å²) in [4.78, 5) is 31.1. The van der Waals surface area contributed by atoms with E-state index in [1.54, 1.807) is 13.2 Å². The molecule has 0 fully saturated rings. The van der Waals surface area contributed by atoms with Crippen LogP contribution in [0.4, 0.5) is 0 Å². The molecule has 0 aliphatic carbocycles. The van der Waals surface area contributed by atoms with Crippen molar-refractivity contribution in [3.8, 4) is 11.4 Å². The lowest BCUT2D eigenvalue weighted by molar-refractivity contribution is -0.121. The molecular formula is C18H20N4O4. The number of pyridine rings is 1. The Bertz CT molecular complexity index is 977. The molecule has 0 aliphatic heterocycles. The van der Waals surface area contributed by atoms with E-state index in [1.807, 2.05) is 25.1 Å². The number of aromatic nitrogens is 3. The lowest BCUT2D eigenvalue weighted by atomic mass is 10.1. The maximum atomic E-state index is 12.3. The first kappa shape index (κ1) is 17.8. The van der Waals surface area contributed by atoms with Crippen LogP contribution in [0.3, 0.4) is 0 Å². The van der Waals surface area contributed by atoms with Crippen LogP contribution < -0.4 is 10.9 Å². The van der Waals surface area contributed by atoms with Crippen LogP contribution in [0.25, 0.3) is 22.3 Å². The minimum Gasteiger partial charge on any atom is -0.383 e. The summed E-state index contributed by atoms with van der Waals surface area (Å²) in [7, 11) is 1.57. The van der Waals surface area contributed by atoms with E-state index in [9.17, 15) is 9.59 Å². The fraction of sp³-hybridized carbons (Fsp3) is 0.333. The Labute approximate surface area is 149 Å². The fourth-order valence-electron chi connectivity index (χ4n) is 2.55. The van der Waals surface area contributed by atoms with Gasteiger partial charge in [0, 0.05) is 32.0 Å². The second-order valence-electron chi connectivity index (χ2n) is 5.96. The highest BCUT2D eigenvalue weighted by Crippen LogP contribution is 2.18. The number of rotatable bonds is 7. The predicted molar refractivity (Wildman–Crippen MR) is 95.8 cm³/mol. The van der Waals surface area contributed by atoms with Crippen LogP contribution in [0.5, 0.6) is 0 Å². The standard InChI is InChI=1S/C18H20N4O4/c1-11-3-4-12-10-13(18(24)20-14(12)9-11)17-21-16(26-22-17)6-5-15(23)19-7-8-25-2/h3-4,9-10H,5-8H2,1-2H3,(H,19,23)(H,20,24). The summed E-state index contributed by atoms with van der Waals surface area (Å²) < 4.78 is 10.0. The smallest absolute Gasteiger partial charge is 0.259 e. The number of aromatic amines is 1. The van der Waals surface area contributed by atoms with Crippen LogP contribution in [0.1, 0.15) is 17.9 Å². The molecule has 0 atom stereocenters. The summed E-state index contributed by atoms with van der Waals surface area (Å²) >= 11 is 0. The molecule has 3 rings (SSSR count). The van der Waals surface area contributed by atoms with Crippen molar-refractivity contribution in [1.29, 1.82) is 0 Å². The highest BCUT2D eigenvalue weighted by Gasteiger charge is 2.14. The highest BCUT2D eigenvalue weighted by molar-refractivity contribution is 5.82. The van der Waals surface area contributed by atoms with Gasteiger partial charge in [0.25, 0.3) is 5.56 Å². The number of benzene rings is 1. The Morgan fingerprint density at radius 1 is 1.35 bits per heavy atom. The first-order chi connectivity index (χ1) is 12.6. The van der Waals surface area contributed by atoms with E-state index in [4.69, 9.17) is 9.26 Å². The van der Waals surface area contributed by atoms with Crippen molar-refractivity contribution < 1.29 is 14.1 Å². The summed E-state index contributed by atoms with van der Waals surface area (Å²) in [5.74, 6) is 0.398. The van der Waals surface area contributed by atoms with Gasteiger partial charge in [-0.1, -0.05) is 17.3 Å². The lowest BCUT2D eigenvalue weighted by Gasteiger charge is -2.02. The molecule has 0 spiro atoms. The monoisotopic (exact) mass is 356 g/mol. The molecule has 0 saturated heterocycles. The molecule has 3 aromatic rings. The van der Waals surface area contributed by atoms with E-state index >= 15 is 0 Å². The van der Waals surface area contributed by atoms with Gasteiger partial charge in [-0.05, 0) is 30.0 Å². The number of amides is 1. The number of carbonyl (C=O) groups is 1. The van der Waals surface area contributed by atoms with Gasteiger partial charge in [0.1, 0.15) is 0 Å². The van der Waals surface area contributed by atoms with Gasteiger partial charge in [0.2, 0.25) is 17.6 Å². The molecular weight excluding hydrogens is 336 g/mol. The molecule has 1 amide bonds. The van der Waals surface area contributed by atoms with Gasteiger partial charge >= 0.3 is 0 Å². The minimum absolute atomic E-state index is 0.124. The first-order valence-electron chi connectivity index (χ1n) is 8.29. The van der Waals surface area contributed by atoms with Crippen molar-refractivity contribution in [1.82, 2.24) is 20.4 Å². The quantitative estimate of drug-likeness (QED) is 0.622. The zero-order valence-corrected chi connectivity index (χ0v) is 14.7. The molecule has 2 aromatic heterocycles. The summed E-state index contributed by atoms with van der Waals surface area (Å²) in [5.41, 5.74) is 1.87. The first-order valence-corrected chi connectivity index (χ1v) is 8.29. The summed E-state index contributed by atoms with van der Waals surface area (Å²) in [5, 5.41) is 7.47. The zero-order chi connectivity index (χ0) is 18.5. The van der Waals surface area contributed by atoms with Gasteiger partial charge in [-0.15, -0.1) is 0 Å². The minimum atomic E-state index is -0.284. The maximum absolute atomic E-state index is 12.3. The third-order valence-electron chi connectivity index (χ3n) is 3.90. The number of ether oxygens (including phenoxy) is 1. The SMILES string of the molecule is COCCNC(=O)CCc1nc(-c2cc3ccc(C)cc3[nH]c2=O)no1. The maximum Gasteiger partial charge on any atom is 0.259 e. The van der Waals surface area contributed by atoms with Crippen LogP contribution in [0.15, 0.2) is 33.6 Å². The average Bonchev–Trinajstić information content (AvgIpc) is 3.08. The molecule has 1 aromatic carbocycles. The largest absolute Gasteiger partial charge is 0.383 e. The molecule has 0 aliphatic rings. The van der Waals surface area contributed by atoms with E-state index in [-0.39, 0.29) is 23.7 Å². The second-order valence-corrected chi connectivity index (χ2v) is 5.96. The molecule has 2 heterocycles. The van der Waals surface area contributed by atoms with E-state index in [2.05, 4.69) is 20.4 Å². The summed E-state index contributed by atoms with van der Waals surface area (Å²) in [6.45, 7) is 2.87. The van der Waals surface area contributed by atoms with E-state index in [0.29, 0.717) is 31.0 Å². The number of methoxy groups -OCH3 is 1. The third kappa shape index (κ3) is 4.15. The average molecular weight is 356 g/mol. The van der Waals surface area contributed by atoms with Crippen molar-refractivity contribution in [2.24, 2.45) is 0 Å². The van der Waals surface area contributed by atoms with Crippen LogP contribution in [0, 0.1) is 6.92 Å². The Kier molecular flexibility index (Phi) is 5.43. The number of hydrogen-bond acceptors (Lipinski definition) is 6. The van der Waals surface area contributed by atoms with Crippen molar-refractivity contribution >= 4 is 16.8 Å². The molecule has 2 N–H and O–H groups in total. The number of nitrogens with one attached hydrogen (secondary N) is 2. The normalized spacial score (nSPS) is 11.0. The topological polar surface area (TPSA) is 110 Å². The van der Waals surface area contributed by atoms with Crippen molar-refractivity contribution in [3.63, 3.8) is 0 Å². The van der Waals surface area contributed by atoms with Crippen LogP contribution in [-0.4, -0.2) is 41.3 Å². The van der Waals surface area contributed by atoms with Gasteiger partial charge in [-0.2, -0.15) is 4.98 Å².